The molecule has 3 rings (SSSR count). The molecule has 1 fully saturated rings. The van der Waals surface area contributed by atoms with E-state index in [2.05, 4.69) is 15.3 Å². The van der Waals surface area contributed by atoms with Crippen molar-refractivity contribution < 1.29 is 4.79 Å². The van der Waals surface area contributed by atoms with Gasteiger partial charge in [-0.05, 0) is 49.8 Å². The molecule has 0 aliphatic heterocycles. The molecule has 1 aromatic carbocycles. The molecule has 1 heterocycles. The van der Waals surface area contributed by atoms with Crippen LogP contribution in [0.4, 0.5) is 0 Å². The molecular weight excluding hydrogens is 350 g/mol. The Morgan fingerprint density at radius 2 is 2.15 bits per heavy atom. The van der Waals surface area contributed by atoms with Crippen LogP contribution in [0.1, 0.15) is 55.1 Å². The lowest BCUT2D eigenvalue weighted by Gasteiger charge is -2.25. The number of hydrogen-bond acceptors (Lipinski definition) is 3. The van der Waals surface area contributed by atoms with E-state index in [1.807, 2.05) is 24.3 Å². The van der Waals surface area contributed by atoms with E-state index in [9.17, 15) is 9.59 Å². The monoisotopic (exact) mass is 373 g/mol. The van der Waals surface area contributed by atoms with Crippen LogP contribution in [0, 0.1) is 12.8 Å². The van der Waals surface area contributed by atoms with E-state index in [0.717, 1.165) is 18.4 Å². The highest BCUT2D eigenvalue weighted by Crippen LogP contribution is 2.36. The van der Waals surface area contributed by atoms with Crippen molar-refractivity contribution in [3.05, 3.63) is 62.8 Å². The standard InChI is InChI=1S/C20H24ClN3O2/c1-13-22-12-16(20(26)23-13)9-10-18(25)24-19(14-5-2-3-6-14)15-7-4-8-17(21)11-15/h4,7-8,11-12,14,19H,2-3,5-6,9-10H2,1H3,(H,24,25)(H,22,23,26)/t19-/m0/s1. The van der Waals surface area contributed by atoms with Gasteiger partial charge >= 0.3 is 0 Å². The van der Waals surface area contributed by atoms with E-state index >= 15 is 0 Å². The third-order valence-electron chi connectivity index (χ3n) is 5.02. The van der Waals surface area contributed by atoms with Crippen LogP contribution in [0.2, 0.25) is 5.02 Å². The summed E-state index contributed by atoms with van der Waals surface area (Å²) in [7, 11) is 0. The normalized spacial score (nSPS) is 15.8. The molecule has 1 aliphatic carbocycles. The number of rotatable bonds is 6. The first-order chi connectivity index (χ1) is 12.5. The number of benzene rings is 1. The van der Waals surface area contributed by atoms with Gasteiger partial charge in [-0.15, -0.1) is 0 Å². The first kappa shape index (κ1) is 18.6. The first-order valence-electron chi connectivity index (χ1n) is 9.12. The smallest absolute Gasteiger partial charge is 0.254 e. The molecule has 1 aliphatic rings. The first-order valence-corrected chi connectivity index (χ1v) is 9.50. The molecule has 5 nitrogen and oxygen atoms in total. The number of aromatic amines is 1. The minimum atomic E-state index is -0.174. The molecule has 1 amide bonds. The topological polar surface area (TPSA) is 74.8 Å². The molecule has 0 bridgehead atoms. The fourth-order valence-electron chi connectivity index (χ4n) is 3.65. The van der Waals surface area contributed by atoms with Crippen molar-refractivity contribution in [3.63, 3.8) is 0 Å². The van der Waals surface area contributed by atoms with Crippen LogP contribution >= 0.6 is 11.6 Å². The number of carbonyl (C=O) groups is 1. The number of nitrogens with one attached hydrogen (secondary N) is 2. The van der Waals surface area contributed by atoms with E-state index in [0.29, 0.717) is 28.7 Å². The van der Waals surface area contributed by atoms with Crippen LogP contribution in [0.3, 0.4) is 0 Å². The Kier molecular flexibility index (Phi) is 6.09. The minimum Gasteiger partial charge on any atom is -0.349 e. The lowest BCUT2D eigenvalue weighted by molar-refractivity contribution is -0.122. The average Bonchev–Trinajstić information content (AvgIpc) is 3.13. The molecule has 0 unspecified atom stereocenters. The predicted octanol–water partition coefficient (Wildman–Crippen LogP) is 3.71. The second-order valence-electron chi connectivity index (χ2n) is 6.97. The summed E-state index contributed by atoms with van der Waals surface area (Å²) >= 11 is 6.15. The Hall–Kier alpha value is -2.14. The molecular formula is C20H24ClN3O2. The van der Waals surface area contributed by atoms with Crippen LogP contribution in [0.15, 0.2) is 35.3 Å². The number of carbonyl (C=O) groups excluding carboxylic acids is 1. The van der Waals surface area contributed by atoms with Gasteiger partial charge in [0.25, 0.3) is 5.56 Å². The SMILES string of the molecule is Cc1ncc(CCC(=O)N[C@H](c2cccc(Cl)c2)C2CCCC2)c(=O)[nH]1. The second kappa shape index (κ2) is 8.49. The third-order valence-corrected chi connectivity index (χ3v) is 5.25. The highest BCUT2D eigenvalue weighted by atomic mass is 35.5. The second-order valence-corrected chi connectivity index (χ2v) is 7.40. The summed E-state index contributed by atoms with van der Waals surface area (Å²) in [5.74, 6) is 0.953. The van der Waals surface area contributed by atoms with Gasteiger partial charge in [-0.25, -0.2) is 4.98 Å². The van der Waals surface area contributed by atoms with Gasteiger partial charge in [0.15, 0.2) is 0 Å². The largest absolute Gasteiger partial charge is 0.349 e. The van der Waals surface area contributed by atoms with Crippen molar-refractivity contribution in [2.75, 3.05) is 0 Å². The van der Waals surface area contributed by atoms with Crippen molar-refractivity contribution in [1.29, 1.82) is 0 Å². The average molecular weight is 374 g/mol. The maximum Gasteiger partial charge on any atom is 0.254 e. The van der Waals surface area contributed by atoms with Gasteiger partial charge in [0.2, 0.25) is 5.91 Å². The highest BCUT2D eigenvalue weighted by molar-refractivity contribution is 6.30. The van der Waals surface area contributed by atoms with Crippen molar-refractivity contribution in [1.82, 2.24) is 15.3 Å². The summed E-state index contributed by atoms with van der Waals surface area (Å²) in [6, 6.07) is 7.68. The summed E-state index contributed by atoms with van der Waals surface area (Å²) in [4.78, 5) is 31.2. The van der Waals surface area contributed by atoms with Crippen LogP contribution in [0.5, 0.6) is 0 Å². The van der Waals surface area contributed by atoms with E-state index in [1.54, 1.807) is 13.1 Å². The zero-order chi connectivity index (χ0) is 18.5. The maximum absolute atomic E-state index is 12.5. The number of H-pyrrole nitrogens is 1. The zero-order valence-corrected chi connectivity index (χ0v) is 15.7. The molecule has 1 atom stereocenters. The number of amides is 1. The number of halogens is 1. The van der Waals surface area contributed by atoms with Crippen molar-refractivity contribution in [2.24, 2.45) is 5.92 Å². The number of nitrogens with zero attached hydrogens (tertiary/aromatic N) is 1. The van der Waals surface area contributed by atoms with Gasteiger partial charge in [0.1, 0.15) is 5.82 Å². The highest BCUT2D eigenvalue weighted by Gasteiger charge is 2.27. The van der Waals surface area contributed by atoms with E-state index < -0.39 is 0 Å². The van der Waals surface area contributed by atoms with Gasteiger partial charge in [0, 0.05) is 23.2 Å². The van der Waals surface area contributed by atoms with Crippen molar-refractivity contribution in [3.8, 4) is 0 Å². The predicted molar refractivity (Wildman–Crippen MR) is 102 cm³/mol. The lowest BCUT2D eigenvalue weighted by Crippen LogP contribution is -2.33. The maximum atomic E-state index is 12.5. The lowest BCUT2D eigenvalue weighted by atomic mass is 9.91. The van der Waals surface area contributed by atoms with Gasteiger partial charge in [-0.2, -0.15) is 0 Å². The Morgan fingerprint density at radius 3 is 2.85 bits per heavy atom. The molecule has 138 valence electrons. The van der Waals surface area contributed by atoms with Crippen molar-refractivity contribution >= 4 is 17.5 Å². The number of hydrogen-bond donors (Lipinski definition) is 2. The summed E-state index contributed by atoms with van der Waals surface area (Å²) in [5.41, 5.74) is 1.41. The molecule has 0 saturated heterocycles. The quantitative estimate of drug-likeness (QED) is 0.810. The summed E-state index contributed by atoms with van der Waals surface area (Å²) in [6.45, 7) is 1.73. The fourth-order valence-corrected chi connectivity index (χ4v) is 3.84. The summed E-state index contributed by atoms with van der Waals surface area (Å²) in [5, 5.41) is 3.85. The van der Waals surface area contributed by atoms with E-state index in [4.69, 9.17) is 11.6 Å². The van der Waals surface area contributed by atoms with Gasteiger partial charge in [0.05, 0.1) is 6.04 Å². The van der Waals surface area contributed by atoms with E-state index in [-0.39, 0.29) is 23.9 Å². The van der Waals surface area contributed by atoms with Gasteiger partial charge in [-0.1, -0.05) is 36.6 Å². The molecule has 1 aromatic heterocycles. The Balaban J connectivity index is 1.68. The van der Waals surface area contributed by atoms with Gasteiger partial charge < -0.3 is 10.3 Å². The minimum absolute atomic E-state index is 0.0295. The summed E-state index contributed by atoms with van der Waals surface area (Å²) in [6.07, 6.45) is 6.80. The Morgan fingerprint density at radius 1 is 1.38 bits per heavy atom. The molecule has 0 spiro atoms. The zero-order valence-electron chi connectivity index (χ0n) is 14.9. The van der Waals surface area contributed by atoms with Crippen LogP contribution in [-0.4, -0.2) is 15.9 Å². The van der Waals surface area contributed by atoms with E-state index in [1.165, 1.54) is 12.8 Å². The summed E-state index contributed by atoms with van der Waals surface area (Å²) < 4.78 is 0. The molecule has 2 N–H and O–H groups in total. The third kappa shape index (κ3) is 4.73. The fraction of sp³-hybridized carbons (Fsp3) is 0.450. The Bertz CT molecular complexity index is 828. The van der Waals surface area contributed by atoms with Gasteiger partial charge in [-0.3, -0.25) is 9.59 Å². The van der Waals surface area contributed by atoms with Crippen LogP contribution in [-0.2, 0) is 11.2 Å². The van der Waals surface area contributed by atoms with Crippen LogP contribution < -0.4 is 10.9 Å². The molecule has 1 saturated carbocycles. The van der Waals surface area contributed by atoms with Crippen LogP contribution in [0.25, 0.3) is 0 Å². The number of aromatic nitrogens is 2. The molecule has 26 heavy (non-hydrogen) atoms. The molecule has 2 aromatic rings. The van der Waals surface area contributed by atoms with Crippen molar-refractivity contribution in [2.45, 2.75) is 51.5 Å². The Labute approximate surface area is 158 Å². The molecule has 0 radical (unpaired) electrons. The molecule has 6 heteroatoms. The number of aryl methyl sites for hydroxylation is 2.